The van der Waals surface area contributed by atoms with E-state index in [0.717, 1.165) is 38.5 Å². The second-order valence-corrected chi connectivity index (χ2v) is 25.6. The van der Waals surface area contributed by atoms with Crippen molar-refractivity contribution in [3.05, 3.63) is 59.2 Å². The number of alkyl halides is 1. The number of ether oxygens (including phenoxy) is 3. The Morgan fingerprint density at radius 1 is 0.627 bits per heavy atom. The number of carbonyl (C=O) groups excluding carboxylic acids is 7. The number of nitrogens with one attached hydrogen (secondary N) is 4. The summed E-state index contributed by atoms with van der Waals surface area (Å²) in [6, 6.07) is 3.13. The highest BCUT2D eigenvalue weighted by molar-refractivity contribution is 5.97. The minimum atomic E-state index is -1.42. The number of carbonyl (C=O) groups is 7. The summed E-state index contributed by atoms with van der Waals surface area (Å²) < 4.78 is 63.7. The molecule has 0 bridgehead atoms. The largest absolute Gasteiger partial charge is 0.461 e. The van der Waals surface area contributed by atoms with Gasteiger partial charge in [-0.05, 0) is 153 Å². The Labute approximate surface area is 484 Å². The molecule has 4 aromatic rings. The number of fused-ring (bicyclic) bond motifs is 2. The van der Waals surface area contributed by atoms with Gasteiger partial charge in [-0.25, -0.2) is 22.8 Å². The van der Waals surface area contributed by atoms with Gasteiger partial charge in [0, 0.05) is 67.8 Å². The van der Waals surface area contributed by atoms with Crippen molar-refractivity contribution in [1.29, 1.82) is 0 Å². The third-order valence-corrected chi connectivity index (χ3v) is 17.2. The average molecular weight is 1160 g/mol. The molecule has 0 unspecified atom stereocenters. The number of likely N-dealkylation sites (N-methyl/N-ethyl adjacent to an activating group) is 2. The molecule has 4 fully saturated rings. The van der Waals surface area contributed by atoms with Crippen LogP contribution in [0, 0.1) is 23.5 Å². The van der Waals surface area contributed by atoms with Gasteiger partial charge >= 0.3 is 18.2 Å². The number of halogens is 3. The van der Waals surface area contributed by atoms with Crippen molar-refractivity contribution in [2.75, 3.05) is 27.2 Å². The molecule has 18 nitrogen and oxygen atoms in total. The quantitative estimate of drug-likeness (QED) is 0.0615. The summed E-state index contributed by atoms with van der Waals surface area (Å²) in [5.41, 5.74) is 1.36. The van der Waals surface area contributed by atoms with Crippen LogP contribution in [0.15, 0.2) is 36.4 Å². The predicted octanol–water partition coefficient (Wildman–Crippen LogP) is 9.79. The van der Waals surface area contributed by atoms with E-state index in [1.807, 2.05) is 0 Å². The zero-order valence-electron chi connectivity index (χ0n) is 50.1. The average Bonchev–Trinajstić information content (AvgIpc) is 2.21. The Morgan fingerprint density at radius 2 is 1.02 bits per heavy atom. The lowest BCUT2D eigenvalue weighted by Gasteiger charge is -2.36. The fourth-order valence-electron chi connectivity index (χ4n) is 12.7. The van der Waals surface area contributed by atoms with Gasteiger partial charge in [-0.2, -0.15) is 0 Å². The van der Waals surface area contributed by atoms with E-state index in [9.17, 15) is 24.0 Å². The van der Waals surface area contributed by atoms with Crippen LogP contribution < -0.4 is 10.6 Å². The van der Waals surface area contributed by atoms with Crippen molar-refractivity contribution in [2.24, 2.45) is 11.8 Å². The monoisotopic (exact) mass is 1160 g/mol. The van der Waals surface area contributed by atoms with Crippen molar-refractivity contribution in [3.63, 3.8) is 0 Å². The second-order valence-electron chi connectivity index (χ2n) is 25.6. The fraction of sp³-hybridized carbons (Fsp3) is 0.629. The molecule has 4 heterocycles. The van der Waals surface area contributed by atoms with Crippen molar-refractivity contribution in [2.45, 2.75) is 212 Å². The van der Waals surface area contributed by atoms with Gasteiger partial charge in [-0.3, -0.25) is 33.8 Å². The normalized spacial score (nSPS) is 21.5. The van der Waals surface area contributed by atoms with Gasteiger partial charge in [0.05, 0.1) is 24.5 Å². The van der Waals surface area contributed by atoms with E-state index in [2.05, 4.69) is 20.6 Å². The minimum Gasteiger partial charge on any atom is -0.461 e. The number of H-pyrrole nitrogens is 2. The summed E-state index contributed by atoms with van der Waals surface area (Å²) in [6.07, 6.45) is 4.72. The molecular formula is C62H85F3N8O10. The van der Waals surface area contributed by atoms with Crippen molar-refractivity contribution >= 4 is 63.6 Å². The number of esters is 1. The molecule has 6 amide bonds. The molecule has 2 saturated carbocycles. The molecule has 0 radical (unpaired) electrons. The van der Waals surface area contributed by atoms with Crippen LogP contribution in [0.25, 0.3) is 33.2 Å². The first-order chi connectivity index (χ1) is 39.1. The first-order valence-corrected chi connectivity index (χ1v) is 29.6. The van der Waals surface area contributed by atoms with E-state index in [4.69, 9.17) is 14.2 Å². The van der Waals surface area contributed by atoms with Crippen LogP contribution >= 0.6 is 0 Å². The zero-order valence-corrected chi connectivity index (χ0v) is 50.1. The van der Waals surface area contributed by atoms with Gasteiger partial charge in [0.2, 0.25) is 23.6 Å². The molecule has 2 saturated heterocycles. The number of likely N-dealkylation sites (tertiary alicyclic amines) is 2. The Hall–Kier alpha value is -6.80. The lowest BCUT2D eigenvalue weighted by molar-refractivity contribution is -0.147. The first-order valence-electron chi connectivity index (χ1n) is 29.6. The maximum Gasteiger partial charge on any atom is 0.410 e. The Bertz CT molecular complexity index is 3050. The highest BCUT2D eigenvalue weighted by Crippen LogP contribution is 2.41. The molecule has 8 rings (SSSR count). The topological polar surface area (TPSA) is 216 Å². The molecule has 2 aliphatic heterocycles. The molecule has 83 heavy (non-hydrogen) atoms. The van der Waals surface area contributed by atoms with E-state index < -0.39 is 107 Å². The van der Waals surface area contributed by atoms with E-state index in [1.54, 1.807) is 72.4 Å². The van der Waals surface area contributed by atoms with Crippen molar-refractivity contribution in [3.8, 4) is 11.4 Å². The maximum absolute atomic E-state index is 16.2. The van der Waals surface area contributed by atoms with Gasteiger partial charge in [0.15, 0.2) is 0 Å². The van der Waals surface area contributed by atoms with Crippen molar-refractivity contribution in [1.82, 2.24) is 40.2 Å². The number of hydrogen-bond acceptors (Lipinski definition) is 10. The van der Waals surface area contributed by atoms with Gasteiger partial charge in [-0.1, -0.05) is 38.5 Å². The van der Waals surface area contributed by atoms with Gasteiger partial charge in [-0.15, -0.1) is 0 Å². The number of hydrogen-bond donors (Lipinski definition) is 4. The fourth-order valence-corrected chi connectivity index (χ4v) is 12.7. The predicted molar refractivity (Wildman–Crippen MR) is 308 cm³/mol. The summed E-state index contributed by atoms with van der Waals surface area (Å²) in [6.45, 7) is 14.5. The summed E-state index contributed by atoms with van der Waals surface area (Å²) in [4.78, 5) is 110. The summed E-state index contributed by atoms with van der Waals surface area (Å²) in [5.74, 6) is -4.05. The minimum absolute atomic E-state index is 0.0103. The molecule has 21 heteroatoms. The molecular weight excluding hydrogens is 1070 g/mol. The second kappa shape index (κ2) is 25.6. The van der Waals surface area contributed by atoms with E-state index in [0.29, 0.717) is 70.0 Å². The van der Waals surface area contributed by atoms with Crippen LogP contribution in [-0.2, 0) is 51.0 Å². The molecule has 4 N–H and O–H groups in total. The molecule has 8 atom stereocenters. The Balaban J connectivity index is 1.15. The van der Waals surface area contributed by atoms with Crippen LogP contribution in [0.1, 0.15) is 150 Å². The van der Waals surface area contributed by atoms with Crippen LogP contribution in [0.3, 0.4) is 0 Å². The first kappa shape index (κ1) is 62.3. The maximum atomic E-state index is 16.2. The van der Waals surface area contributed by atoms with E-state index >= 15 is 22.8 Å². The Kier molecular flexibility index (Phi) is 19.2. The van der Waals surface area contributed by atoms with Gasteiger partial charge < -0.3 is 44.6 Å². The smallest absolute Gasteiger partial charge is 0.410 e. The summed E-state index contributed by atoms with van der Waals surface area (Å²) >= 11 is 0. The molecule has 2 aromatic heterocycles. The number of benzene rings is 2. The van der Waals surface area contributed by atoms with Crippen LogP contribution in [0.4, 0.5) is 22.8 Å². The Morgan fingerprint density at radius 3 is 1.42 bits per heavy atom. The number of amides is 6. The van der Waals surface area contributed by atoms with E-state index in [-0.39, 0.29) is 56.5 Å². The number of aromatic nitrogens is 2. The zero-order chi connectivity index (χ0) is 60.4. The number of aromatic amines is 2. The van der Waals surface area contributed by atoms with Gasteiger partial charge in [0.1, 0.15) is 59.3 Å². The van der Waals surface area contributed by atoms with Crippen LogP contribution in [0.5, 0.6) is 0 Å². The molecule has 0 spiro atoms. The number of nitrogens with zero attached hydrogens (tertiary/aromatic N) is 4. The highest BCUT2D eigenvalue weighted by Gasteiger charge is 2.46. The standard InChI is InChI=1S/C62H85F3N8O10/c1-34(70(10)59(79)82-61(4,5)6)55(75)68-51(37-18-14-12-15-19-37)57(77)72-32-41(65)26-42(72)30-47-45-24-22-39(63)27-49(45)66-53(47)54-48(46-25-23-40(64)28-50(46)67-54)31-43-29-44(81-36(3)74)33-73(43)58(78)52(38-20-16-13-17-21-38)69-56(76)35(2)71(11)60(80)83-62(7,8)9/h22-25,27-28,34-35,37-38,41-44,51-52,66-67H,12-21,26,29-33H2,1-11H3,(H,68,75)(H,69,76)/t34-,35-,41-,42-,43-,44-,51-,52-/m0/s1. The van der Waals surface area contributed by atoms with Gasteiger partial charge in [0.25, 0.3) is 0 Å². The molecule has 2 aromatic carbocycles. The summed E-state index contributed by atoms with van der Waals surface area (Å²) in [7, 11) is 2.92. The molecule has 454 valence electrons. The van der Waals surface area contributed by atoms with E-state index in [1.165, 1.54) is 60.0 Å². The lowest BCUT2D eigenvalue weighted by Crippen LogP contribution is -2.57. The third kappa shape index (κ3) is 14.8. The van der Waals surface area contributed by atoms with Crippen LogP contribution in [-0.4, -0.2) is 158 Å². The lowest BCUT2D eigenvalue weighted by atomic mass is 9.83. The molecule has 4 aliphatic rings. The van der Waals surface area contributed by atoms with Crippen molar-refractivity contribution < 1.29 is 60.9 Å². The number of rotatable bonds is 16. The van der Waals surface area contributed by atoms with Crippen LogP contribution in [0.2, 0.25) is 0 Å². The summed E-state index contributed by atoms with van der Waals surface area (Å²) in [5, 5.41) is 7.22. The highest BCUT2D eigenvalue weighted by atomic mass is 19.1. The SMILES string of the molecule is CC(=O)O[C@H]1C[C@@H](Cc2c(-c3[nH]c4cc(F)ccc4c3C[C@@H]3C[C@H](F)CN3C(=O)[C@@H](NC(=O)[C@H](C)N(C)C(=O)OC(C)(C)C)C3CCCCC3)[nH]c3cc(F)ccc23)N(C(=O)[C@@H](NC(=O)[C@H](C)N(C)C(=O)OC(C)(C)C)C2CCCCC2)C1. The molecule has 2 aliphatic carbocycles. The third-order valence-electron chi connectivity index (χ3n) is 17.2.